The molecule has 0 radical (unpaired) electrons. The molecule has 0 aromatic heterocycles. The van der Waals surface area contributed by atoms with E-state index >= 15 is 0 Å². The lowest BCUT2D eigenvalue weighted by atomic mass is 9.95. The van der Waals surface area contributed by atoms with Crippen molar-refractivity contribution < 1.29 is 0 Å². The molecular weight excluding hydrogens is 182 g/mol. The van der Waals surface area contributed by atoms with Crippen molar-refractivity contribution in [1.29, 1.82) is 0 Å². The van der Waals surface area contributed by atoms with Crippen LogP contribution in [0, 0.1) is 0 Å². The molecule has 0 atom stereocenters. The van der Waals surface area contributed by atoms with Crippen LogP contribution in [0.15, 0.2) is 30.3 Å². The van der Waals surface area contributed by atoms with E-state index in [9.17, 15) is 0 Å². The smallest absolute Gasteiger partial charge is 0.0128 e. The Bertz CT molecular complexity index is 264. The average Bonchev–Trinajstić information content (AvgIpc) is 2.25. The molecule has 0 heterocycles. The van der Waals surface area contributed by atoms with Gasteiger partial charge in [-0.15, -0.1) is 0 Å². The Hall–Kier alpha value is -0.820. The third-order valence-corrected chi connectivity index (χ3v) is 2.74. The molecule has 0 amide bonds. The summed E-state index contributed by atoms with van der Waals surface area (Å²) in [7, 11) is 0. The first-order chi connectivity index (χ1) is 7.14. The van der Waals surface area contributed by atoms with Gasteiger partial charge in [-0.2, -0.15) is 0 Å². The first-order valence-electron chi connectivity index (χ1n) is 5.93. The van der Waals surface area contributed by atoms with Crippen LogP contribution in [0.3, 0.4) is 0 Å². The van der Waals surface area contributed by atoms with E-state index in [0.29, 0.717) is 0 Å². The summed E-state index contributed by atoms with van der Waals surface area (Å²) >= 11 is 0. The third-order valence-electron chi connectivity index (χ3n) is 2.74. The molecule has 0 bridgehead atoms. The lowest BCUT2D eigenvalue weighted by molar-refractivity contribution is 0.363. The largest absolute Gasteiger partial charge is 0.312 e. The van der Waals surface area contributed by atoms with Crippen molar-refractivity contribution in [3.8, 4) is 0 Å². The van der Waals surface area contributed by atoms with Crippen LogP contribution in [0.25, 0.3) is 0 Å². The highest BCUT2D eigenvalue weighted by Gasteiger charge is 2.15. The van der Waals surface area contributed by atoms with Crippen LogP contribution >= 0.6 is 0 Å². The van der Waals surface area contributed by atoms with Crippen LogP contribution in [0.2, 0.25) is 0 Å². The van der Waals surface area contributed by atoms with Crippen LogP contribution in [-0.4, -0.2) is 12.1 Å². The number of hydrogen-bond donors (Lipinski definition) is 1. The highest BCUT2D eigenvalue weighted by molar-refractivity contribution is 5.15. The van der Waals surface area contributed by atoms with Gasteiger partial charge in [0.2, 0.25) is 0 Å². The SMILES string of the molecule is CCCNC(C)(C)CCc1ccccc1. The zero-order chi connectivity index (χ0) is 11.1. The number of benzene rings is 1. The second kappa shape index (κ2) is 5.92. The molecule has 0 aliphatic rings. The fraction of sp³-hybridized carbons (Fsp3) is 0.571. The van der Waals surface area contributed by atoms with E-state index in [-0.39, 0.29) is 5.54 Å². The highest BCUT2D eigenvalue weighted by atomic mass is 14.9. The minimum absolute atomic E-state index is 0.256. The van der Waals surface area contributed by atoms with Crippen molar-refractivity contribution in [3.63, 3.8) is 0 Å². The van der Waals surface area contributed by atoms with Crippen molar-refractivity contribution in [2.75, 3.05) is 6.54 Å². The Morgan fingerprint density at radius 2 is 1.80 bits per heavy atom. The van der Waals surface area contributed by atoms with Gasteiger partial charge in [-0.05, 0) is 45.2 Å². The van der Waals surface area contributed by atoms with E-state index < -0.39 is 0 Å². The summed E-state index contributed by atoms with van der Waals surface area (Å²) in [5.74, 6) is 0. The van der Waals surface area contributed by atoms with Gasteiger partial charge in [-0.1, -0.05) is 37.3 Å². The first-order valence-corrected chi connectivity index (χ1v) is 5.93. The number of rotatable bonds is 6. The lowest BCUT2D eigenvalue weighted by Crippen LogP contribution is -2.40. The second-order valence-corrected chi connectivity index (χ2v) is 4.80. The number of nitrogens with one attached hydrogen (secondary N) is 1. The Morgan fingerprint density at radius 1 is 1.13 bits per heavy atom. The van der Waals surface area contributed by atoms with Crippen molar-refractivity contribution in [1.82, 2.24) is 5.32 Å². The molecule has 0 aliphatic heterocycles. The summed E-state index contributed by atoms with van der Waals surface area (Å²) in [6, 6.07) is 10.7. The maximum Gasteiger partial charge on any atom is 0.0128 e. The molecule has 0 saturated carbocycles. The van der Waals surface area contributed by atoms with E-state index in [1.54, 1.807) is 0 Å². The summed E-state index contributed by atoms with van der Waals surface area (Å²) in [5.41, 5.74) is 1.69. The third kappa shape index (κ3) is 4.98. The van der Waals surface area contributed by atoms with Gasteiger partial charge in [0.05, 0.1) is 0 Å². The summed E-state index contributed by atoms with van der Waals surface area (Å²) in [6.07, 6.45) is 3.55. The van der Waals surface area contributed by atoms with Gasteiger partial charge >= 0.3 is 0 Å². The van der Waals surface area contributed by atoms with Crippen molar-refractivity contribution in [2.24, 2.45) is 0 Å². The van der Waals surface area contributed by atoms with Gasteiger partial charge < -0.3 is 5.32 Å². The summed E-state index contributed by atoms with van der Waals surface area (Å²) in [6.45, 7) is 7.89. The number of hydrogen-bond acceptors (Lipinski definition) is 1. The van der Waals surface area contributed by atoms with E-state index in [4.69, 9.17) is 0 Å². The Labute approximate surface area is 93.9 Å². The van der Waals surface area contributed by atoms with Gasteiger partial charge in [0.25, 0.3) is 0 Å². The van der Waals surface area contributed by atoms with Crippen molar-refractivity contribution in [2.45, 2.75) is 45.6 Å². The molecule has 0 aliphatic carbocycles. The molecule has 15 heavy (non-hydrogen) atoms. The summed E-state index contributed by atoms with van der Waals surface area (Å²) in [4.78, 5) is 0. The summed E-state index contributed by atoms with van der Waals surface area (Å²) in [5, 5.41) is 3.58. The Balaban J connectivity index is 2.35. The van der Waals surface area contributed by atoms with Crippen LogP contribution in [0.4, 0.5) is 0 Å². The van der Waals surface area contributed by atoms with E-state index in [1.165, 1.54) is 18.4 Å². The number of aryl methyl sites for hydroxylation is 1. The molecule has 0 saturated heterocycles. The minimum atomic E-state index is 0.256. The Morgan fingerprint density at radius 3 is 2.40 bits per heavy atom. The molecule has 1 nitrogen and oxygen atoms in total. The topological polar surface area (TPSA) is 12.0 Å². The predicted molar refractivity (Wildman–Crippen MR) is 67.1 cm³/mol. The van der Waals surface area contributed by atoms with Crippen LogP contribution in [0.5, 0.6) is 0 Å². The molecular formula is C14H23N. The van der Waals surface area contributed by atoms with Gasteiger partial charge in [0.15, 0.2) is 0 Å². The average molecular weight is 205 g/mol. The van der Waals surface area contributed by atoms with Gasteiger partial charge in [0, 0.05) is 5.54 Å². The van der Waals surface area contributed by atoms with Crippen LogP contribution < -0.4 is 5.32 Å². The molecule has 1 N–H and O–H groups in total. The molecule has 1 aromatic rings. The normalized spacial score (nSPS) is 11.7. The molecule has 1 heteroatoms. The molecule has 84 valence electrons. The van der Waals surface area contributed by atoms with Gasteiger partial charge in [-0.3, -0.25) is 0 Å². The minimum Gasteiger partial charge on any atom is -0.312 e. The van der Waals surface area contributed by atoms with E-state index in [0.717, 1.165) is 13.0 Å². The second-order valence-electron chi connectivity index (χ2n) is 4.80. The fourth-order valence-electron chi connectivity index (χ4n) is 1.65. The molecule has 0 spiro atoms. The monoisotopic (exact) mass is 205 g/mol. The van der Waals surface area contributed by atoms with Crippen LogP contribution in [-0.2, 0) is 6.42 Å². The zero-order valence-electron chi connectivity index (χ0n) is 10.2. The van der Waals surface area contributed by atoms with Crippen molar-refractivity contribution in [3.05, 3.63) is 35.9 Å². The van der Waals surface area contributed by atoms with Gasteiger partial charge in [-0.25, -0.2) is 0 Å². The van der Waals surface area contributed by atoms with E-state index in [1.807, 2.05) is 0 Å². The molecule has 0 fully saturated rings. The summed E-state index contributed by atoms with van der Waals surface area (Å²) < 4.78 is 0. The molecule has 1 rings (SSSR count). The fourth-order valence-corrected chi connectivity index (χ4v) is 1.65. The van der Waals surface area contributed by atoms with Crippen LogP contribution in [0.1, 0.15) is 39.2 Å². The molecule has 0 unspecified atom stereocenters. The quantitative estimate of drug-likeness (QED) is 0.750. The maximum atomic E-state index is 3.58. The maximum absolute atomic E-state index is 3.58. The van der Waals surface area contributed by atoms with Crippen molar-refractivity contribution >= 4 is 0 Å². The lowest BCUT2D eigenvalue weighted by Gasteiger charge is -2.26. The van der Waals surface area contributed by atoms with E-state index in [2.05, 4.69) is 56.4 Å². The van der Waals surface area contributed by atoms with Gasteiger partial charge in [0.1, 0.15) is 0 Å². The Kier molecular flexibility index (Phi) is 4.83. The predicted octanol–water partition coefficient (Wildman–Crippen LogP) is 3.40. The zero-order valence-corrected chi connectivity index (χ0v) is 10.2. The standard InChI is InChI=1S/C14H23N/c1-4-12-15-14(2,3)11-10-13-8-6-5-7-9-13/h5-9,15H,4,10-12H2,1-3H3. The first kappa shape index (κ1) is 12.3. The highest BCUT2D eigenvalue weighted by Crippen LogP contribution is 2.13. The molecule has 1 aromatic carbocycles.